The van der Waals surface area contributed by atoms with E-state index >= 15 is 0 Å². The van der Waals surface area contributed by atoms with Crippen LogP contribution in [0.3, 0.4) is 0 Å². The van der Waals surface area contributed by atoms with E-state index in [9.17, 15) is 5.11 Å². The highest BCUT2D eigenvalue weighted by Crippen LogP contribution is 2.32. The molecule has 2 N–H and O–H groups in total. The van der Waals surface area contributed by atoms with Gasteiger partial charge in [-0.05, 0) is 48.1 Å². The van der Waals surface area contributed by atoms with Crippen molar-refractivity contribution in [3.05, 3.63) is 65.2 Å². The quantitative estimate of drug-likeness (QED) is 0.592. The minimum Gasteiger partial charge on any atom is -0.497 e. The van der Waals surface area contributed by atoms with Crippen molar-refractivity contribution in [1.82, 2.24) is 10.2 Å². The maximum atomic E-state index is 10.6. The third-order valence-electron chi connectivity index (χ3n) is 6.51. The van der Waals surface area contributed by atoms with Gasteiger partial charge in [0.2, 0.25) is 0 Å². The van der Waals surface area contributed by atoms with Crippen molar-refractivity contribution in [3.63, 3.8) is 0 Å². The highest BCUT2D eigenvalue weighted by atomic mass is 16.5. The number of fused-ring (bicyclic) bond motifs is 1. The van der Waals surface area contributed by atoms with Gasteiger partial charge < -0.3 is 24.6 Å². The average Bonchev–Trinajstić information content (AvgIpc) is 2.86. The zero-order valence-electron chi connectivity index (χ0n) is 19.0. The Morgan fingerprint density at radius 1 is 1.09 bits per heavy atom. The van der Waals surface area contributed by atoms with Crippen LogP contribution in [0.1, 0.15) is 41.7 Å². The summed E-state index contributed by atoms with van der Waals surface area (Å²) in [5.74, 6) is 0.860. The molecule has 2 aliphatic rings. The lowest BCUT2D eigenvalue weighted by atomic mass is 9.89. The number of ether oxygens (including phenoxy) is 3. The summed E-state index contributed by atoms with van der Waals surface area (Å²) in [7, 11) is 1.69. The molecule has 0 aromatic heterocycles. The Hall–Kier alpha value is -1.96. The van der Waals surface area contributed by atoms with Gasteiger partial charge in [-0.2, -0.15) is 0 Å². The molecule has 0 amide bonds. The molecule has 174 valence electrons. The third-order valence-corrected chi connectivity index (χ3v) is 6.51. The van der Waals surface area contributed by atoms with E-state index in [0.717, 1.165) is 57.9 Å². The standard InChI is InChI=1S/C26H36N2O4/c1-30-23-11-9-21(10-12-23)25(28-13-15-31-16-14-28)18-27-17-22(29)19-32-26-8-4-6-20-5-2-3-7-24(20)26/h2-3,5,7,9-12,22,25-27,29H,4,6,8,13-19H2,1H3/t22-,25-,26-/m1/s1. The SMILES string of the molecule is COc1ccc([C@@H](CNC[C@@H](O)CO[C@@H]2CCCc3ccccc32)N2CCOCC2)cc1. The number of aliphatic hydroxyl groups excluding tert-OH is 1. The molecule has 1 fully saturated rings. The zero-order chi connectivity index (χ0) is 22.2. The second-order valence-corrected chi connectivity index (χ2v) is 8.66. The van der Waals surface area contributed by atoms with E-state index in [4.69, 9.17) is 14.2 Å². The first-order valence-corrected chi connectivity index (χ1v) is 11.8. The number of nitrogens with one attached hydrogen (secondary N) is 1. The molecule has 1 aliphatic carbocycles. The molecule has 4 rings (SSSR count). The minimum atomic E-state index is -0.537. The summed E-state index contributed by atoms with van der Waals surface area (Å²) in [6.45, 7) is 4.94. The van der Waals surface area contributed by atoms with Crippen molar-refractivity contribution >= 4 is 0 Å². The average molecular weight is 441 g/mol. The van der Waals surface area contributed by atoms with Crippen LogP contribution in [-0.4, -0.2) is 69.2 Å². The normalized spacial score (nSPS) is 21.0. The fourth-order valence-corrected chi connectivity index (χ4v) is 4.73. The topological polar surface area (TPSA) is 63.2 Å². The largest absolute Gasteiger partial charge is 0.497 e. The molecule has 1 heterocycles. The molecule has 2 aromatic carbocycles. The van der Waals surface area contributed by atoms with Crippen molar-refractivity contribution in [2.24, 2.45) is 0 Å². The van der Waals surface area contributed by atoms with Crippen LogP contribution in [0.15, 0.2) is 48.5 Å². The van der Waals surface area contributed by atoms with Gasteiger partial charge in [-0.25, -0.2) is 0 Å². The first-order chi connectivity index (χ1) is 15.7. The van der Waals surface area contributed by atoms with Crippen molar-refractivity contribution in [2.75, 3.05) is 53.1 Å². The van der Waals surface area contributed by atoms with Gasteiger partial charge in [0.1, 0.15) is 5.75 Å². The maximum Gasteiger partial charge on any atom is 0.118 e. The number of nitrogens with zero attached hydrogens (tertiary/aromatic N) is 1. The van der Waals surface area contributed by atoms with Crippen LogP contribution in [0.5, 0.6) is 5.75 Å². The van der Waals surface area contributed by atoms with E-state index in [1.165, 1.54) is 16.7 Å². The molecule has 1 aliphatic heterocycles. The number of rotatable bonds is 10. The molecule has 32 heavy (non-hydrogen) atoms. The number of aryl methyl sites for hydroxylation is 1. The van der Waals surface area contributed by atoms with E-state index in [-0.39, 0.29) is 12.1 Å². The summed E-state index contributed by atoms with van der Waals surface area (Å²) in [5, 5.41) is 14.0. The summed E-state index contributed by atoms with van der Waals surface area (Å²) in [6.07, 6.45) is 2.83. The maximum absolute atomic E-state index is 10.6. The third kappa shape index (κ3) is 6.09. The molecule has 2 aromatic rings. The molecular weight excluding hydrogens is 404 g/mol. The van der Waals surface area contributed by atoms with Crippen LogP contribution in [0.4, 0.5) is 0 Å². The van der Waals surface area contributed by atoms with Crippen molar-refractivity contribution in [1.29, 1.82) is 0 Å². The molecule has 0 saturated carbocycles. The zero-order valence-corrected chi connectivity index (χ0v) is 19.0. The summed E-state index contributed by atoms with van der Waals surface area (Å²) in [6, 6.07) is 17.0. The first kappa shape index (κ1) is 23.2. The molecule has 6 nitrogen and oxygen atoms in total. The van der Waals surface area contributed by atoms with Gasteiger partial charge in [-0.15, -0.1) is 0 Å². The predicted octanol–water partition coefficient (Wildman–Crippen LogP) is 3.11. The summed E-state index contributed by atoms with van der Waals surface area (Å²) in [5.41, 5.74) is 3.90. The Morgan fingerprint density at radius 3 is 2.66 bits per heavy atom. The number of hydrogen-bond donors (Lipinski definition) is 2. The number of methoxy groups -OCH3 is 1. The first-order valence-electron chi connectivity index (χ1n) is 11.8. The molecular formula is C26H36N2O4. The second-order valence-electron chi connectivity index (χ2n) is 8.66. The van der Waals surface area contributed by atoms with Crippen LogP contribution in [0, 0.1) is 0 Å². The van der Waals surface area contributed by atoms with Crippen LogP contribution in [0.2, 0.25) is 0 Å². The molecule has 0 unspecified atom stereocenters. The van der Waals surface area contributed by atoms with Crippen LogP contribution in [-0.2, 0) is 15.9 Å². The van der Waals surface area contributed by atoms with Gasteiger partial charge in [-0.1, -0.05) is 36.4 Å². The summed E-state index contributed by atoms with van der Waals surface area (Å²) in [4.78, 5) is 2.44. The Bertz CT molecular complexity index is 823. The highest BCUT2D eigenvalue weighted by Gasteiger charge is 2.24. The number of aliphatic hydroxyl groups is 1. The van der Waals surface area contributed by atoms with Gasteiger partial charge in [0.25, 0.3) is 0 Å². The van der Waals surface area contributed by atoms with Gasteiger partial charge in [0.15, 0.2) is 0 Å². The lowest BCUT2D eigenvalue weighted by Crippen LogP contribution is -2.44. The summed E-state index contributed by atoms with van der Waals surface area (Å²) >= 11 is 0. The molecule has 6 heteroatoms. The Kier molecular flexibility index (Phi) is 8.54. The Morgan fingerprint density at radius 2 is 1.88 bits per heavy atom. The molecule has 0 radical (unpaired) electrons. The fraction of sp³-hybridized carbons (Fsp3) is 0.538. The van der Waals surface area contributed by atoms with Crippen LogP contribution < -0.4 is 10.1 Å². The Labute approximate surface area is 191 Å². The number of hydrogen-bond acceptors (Lipinski definition) is 6. The highest BCUT2D eigenvalue weighted by molar-refractivity contribution is 5.31. The molecule has 0 spiro atoms. The van der Waals surface area contributed by atoms with Crippen LogP contribution in [0.25, 0.3) is 0 Å². The van der Waals surface area contributed by atoms with E-state index in [2.05, 4.69) is 46.6 Å². The number of morpholine rings is 1. The minimum absolute atomic E-state index is 0.0926. The second kappa shape index (κ2) is 11.8. The Balaban J connectivity index is 1.28. The van der Waals surface area contributed by atoms with Gasteiger partial charge in [0, 0.05) is 32.2 Å². The molecule has 0 bridgehead atoms. The number of benzene rings is 2. The van der Waals surface area contributed by atoms with Gasteiger partial charge >= 0.3 is 0 Å². The van der Waals surface area contributed by atoms with E-state index in [1.807, 2.05) is 12.1 Å². The summed E-state index contributed by atoms with van der Waals surface area (Å²) < 4.78 is 17.0. The van der Waals surface area contributed by atoms with Crippen molar-refractivity contribution in [3.8, 4) is 5.75 Å². The molecule has 3 atom stereocenters. The van der Waals surface area contributed by atoms with E-state index in [1.54, 1.807) is 7.11 Å². The smallest absolute Gasteiger partial charge is 0.118 e. The van der Waals surface area contributed by atoms with Crippen LogP contribution >= 0.6 is 0 Å². The predicted molar refractivity (Wildman–Crippen MR) is 125 cm³/mol. The van der Waals surface area contributed by atoms with Gasteiger partial charge in [0.05, 0.1) is 39.1 Å². The fourth-order valence-electron chi connectivity index (χ4n) is 4.73. The van der Waals surface area contributed by atoms with Gasteiger partial charge in [-0.3, -0.25) is 4.90 Å². The monoisotopic (exact) mass is 440 g/mol. The lowest BCUT2D eigenvalue weighted by Gasteiger charge is -2.35. The van der Waals surface area contributed by atoms with E-state index < -0.39 is 6.10 Å². The van der Waals surface area contributed by atoms with Crippen molar-refractivity contribution in [2.45, 2.75) is 37.5 Å². The lowest BCUT2D eigenvalue weighted by molar-refractivity contribution is -0.0180. The van der Waals surface area contributed by atoms with Crippen molar-refractivity contribution < 1.29 is 19.3 Å². The van der Waals surface area contributed by atoms with E-state index in [0.29, 0.717) is 13.2 Å². The molecule has 1 saturated heterocycles.